The van der Waals surface area contributed by atoms with Crippen LogP contribution >= 0.6 is 0 Å². The van der Waals surface area contributed by atoms with Crippen LogP contribution in [0.2, 0.25) is 0 Å². The van der Waals surface area contributed by atoms with E-state index in [-0.39, 0.29) is 17.1 Å². The lowest BCUT2D eigenvalue weighted by Crippen LogP contribution is -2.33. The molecule has 13 heavy (non-hydrogen) atoms. The van der Waals surface area contributed by atoms with Crippen LogP contribution in [-0.2, 0) is 9.84 Å². The van der Waals surface area contributed by atoms with Crippen LogP contribution in [0.5, 0.6) is 0 Å². The molecule has 0 heterocycles. The lowest BCUT2D eigenvalue weighted by atomic mass is 9.89. The van der Waals surface area contributed by atoms with Gasteiger partial charge in [-0.1, -0.05) is 19.1 Å². The Balaban J connectivity index is 2.84. The van der Waals surface area contributed by atoms with Crippen molar-refractivity contribution < 1.29 is 8.42 Å². The topological polar surface area (TPSA) is 60.2 Å². The maximum atomic E-state index is 11.4. The van der Waals surface area contributed by atoms with E-state index in [1.807, 2.05) is 19.1 Å². The van der Waals surface area contributed by atoms with Crippen molar-refractivity contribution in [3.63, 3.8) is 0 Å². The summed E-state index contributed by atoms with van der Waals surface area (Å²) in [5.41, 5.74) is 5.51. The minimum atomic E-state index is -2.92. The number of allylic oxidation sites excluding steroid dienone is 1. The Morgan fingerprint density at radius 1 is 1.46 bits per heavy atom. The van der Waals surface area contributed by atoms with Crippen LogP contribution in [0.3, 0.4) is 0 Å². The summed E-state index contributed by atoms with van der Waals surface area (Å²) in [5, 5.41) is -0.244. The van der Waals surface area contributed by atoms with Crippen LogP contribution in [0.15, 0.2) is 12.2 Å². The van der Waals surface area contributed by atoms with Crippen molar-refractivity contribution >= 4 is 9.84 Å². The molecule has 0 spiro atoms. The fourth-order valence-corrected chi connectivity index (χ4v) is 3.25. The van der Waals surface area contributed by atoms with E-state index in [1.54, 1.807) is 0 Å². The first-order valence-corrected chi connectivity index (χ1v) is 6.48. The molecule has 0 amide bonds. The third-order valence-corrected chi connectivity index (χ3v) is 4.38. The Hall–Kier alpha value is -0.350. The highest BCUT2D eigenvalue weighted by atomic mass is 32.2. The van der Waals surface area contributed by atoms with Crippen molar-refractivity contribution in [3.05, 3.63) is 12.2 Å². The predicted octanol–water partition coefficient (Wildman–Crippen LogP) is 0.571. The third kappa shape index (κ3) is 2.54. The van der Waals surface area contributed by atoms with E-state index < -0.39 is 9.84 Å². The molecular formula is C9H17NO2S. The number of hydrogen-bond donors (Lipinski definition) is 1. The van der Waals surface area contributed by atoms with Gasteiger partial charge in [0.1, 0.15) is 0 Å². The molecule has 0 radical (unpaired) electrons. The van der Waals surface area contributed by atoms with Crippen LogP contribution in [0, 0.1) is 11.8 Å². The standard InChI is InChI=1S/C9H17NO2S/c1-7-3-4-8(6-10)5-9(7)13(2,11)12/h3-4,7-9H,5-6,10H2,1-2H3/t7-,8?,9?/m1/s1. The van der Waals surface area contributed by atoms with Crippen molar-refractivity contribution in [3.8, 4) is 0 Å². The molecule has 0 aromatic carbocycles. The number of hydrogen-bond acceptors (Lipinski definition) is 3. The predicted molar refractivity (Wildman–Crippen MR) is 54.1 cm³/mol. The van der Waals surface area contributed by atoms with Crippen LogP contribution in [0.1, 0.15) is 13.3 Å². The summed E-state index contributed by atoms with van der Waals surface area (Å²) in [6.45, 7) is 2.48. The van der Waals surface area contributed by atoms with Gasteiger partial charge in [-0.25, -0.2) is 8.42 Å². The minimum absolute atomic E-state index is 0.123. The molecule has 1 aliphatic rings. The molecule has 0 aromatic heterocycles. The summed E-state index contributed by atoms with van der Waals surface area (Å²) in [6, 6.07) is 0. The van der Waals surface area contributed by atoms with E-state index in [0.717, 1.165) is 0 Å². The maximum Gasteiger partial charge on any atom is 0.150 e. The van der Waals surface area contributed by atoms with E-state index in [1.165, 1.54) is 6.26 Å². The second-order valence-corrected chi connectivity index (χ2v) is 6.11. The van der Waals surface area contributed by atoms with Gasteiger partial charge in [0, 0.05) is 6.26 Å². The summed E-state index contributed by atoms with van der Waals surface area (Å²) in [4.78, 5) is 0. The number of sulfone groups is 1. The molecule has 3 atom stereocenters. The molecule has 76 valence electrons. The summed E-state index contributed by atoms with van der Waals surface area (Å²) in [7, 11) is -2.92. The van der Waals surface area contributed by atoms with Crippen LogP contribution < -0.4 is 5.73 Å². The lowest BCUT2D eigenvalue weighted by Gasteiger charge is -2.27. The van der Waals surface area contributed by atoms with Gasteiger partial charge in [0.2, 0.25) is 0 Å². The van der Waals surface area contributed by atoms with Crippen molar-refractivity contribution in [2.75, 3.05) is 12.8 Å². The summed E-state index contributed by atoms with van der Waals surface area (Å²) < 4.78 is 22.8. The monoisotopic (exact) mass is 203 g/mol. The Bertz CT molecular complexity index is 295. The van der Waals surface area contributed by atoms with Crippen molar-refractivity contribution in [1.29, 1.82) is 0 Å². The first-order chi connectivity index (χ1) is 5.95. The second-order valence-electron chi connectivity index (χ2n) is 3.84. The van der Waals surface area contributed by atoms with Gasteiger partial charge in [0.05, 0.1) is 5.25 Å². The average Bonchev–Trinajstić information content (AvgIpc) is 2.03. The normalized spacial score (nSPS) is 34.8. The molecule has 0 fully saturated rings. The molecule has 0 bridgehead atoms. The van der Waals surface area contributed by atoms with Crippen molar-refractivity contribution in [1.82, 2.24) is 0 Å². The Labute approximate surface area is 79.9 Å². The average molecular weight is 203 g/mol. The van der Waals surface area contributed by atoms with E-state index in [4.69, 9.17) is 5.73 Å². The van der Waals surface area contributed by atoms with Crippen LogP contribution in [0.25, 0.3) is 0 Å². The Kier molecular flexibility index (Phi) is 3.14. The number of nitrogens with two attached hydrogens (primary N) is 1. The molecule has 0 aliphatic heterocycles. The first kappa shape index (κ1) is 10.7. The summed E-state index contributed by atoms with van der Waals surface area (Å²) >= 11 is 0. The second kappa shape index (κ2) is 3.80. The molecule has 1 aliphatic carbocycles. The Morgan fingerprint density at radius 3 is 2.54 bits per heavy atom. The largest absolute Gasteiger partial charge is 0.330 e. The summed E-state index contributed by atoms with van der Waals surface area (Å²) in [6.07, 6.45) is 5.98. The van der Waals surface area contributed by atoms with E-state index in [9.17, 15) is 8.42 Å². The fourth-order valence-electron chi connectivity index (χ4n) is 1.79. The van der Waals surface area contributed by atoms with Gasteiger partial charge in [-0.15, -0.1) is 0 Å². The molecule has 3 nitrogen and oxygen atoms in total. The maximum absolute atomic E-state index is 11.4. The zero-order chi connectivity index (χ0) is 10.1. The molecule has 0 saturated heterocycles. The smallest absolute Gasteiger partial charge is 0.150 e. The quantitative estimate of drug-likeness (QED) is 0.667. The lowest BCUT2D eigenvalue weighted by molar-refractivity contribution is 0.468. The zero-order valence-electron chi connectivity index (χ0n) is 8.10. The van der Waals surface area contributed by atoms with Gasteiger partial charge in [-0.05, 0) is 24.8 Å². The first-order valence-electron chi connectivity index (χ1n) is 4.52. The minimum Gasteiger partial charge on any atom is -0.330 e. The SMILES string of the molecule is C[C@@H]1C=CC(CN)CC1S(C)(=O)=O. The molecule has 0 saturated carbocycles. The van der Waals surface area contributed by atoms with Crippen molar-refractivity contribution in [2.45, 2.75) is 18.6 Å². The number of rotatable bonds is 2. The van der Waals surface area contributed by atoms with Gasteiger partial charge >= 0.3 is 0 Å². The molecule has 1 rings (SSSR count). The van der Waals surface area contributed by atoms with Crippen molar-refractivity contribution in [2.24, 2.45) is 17.6 Å². The van der Waals surface area contributed by atoms with Gasteiger partial charge in [-0.2, -0.15) is 0 Å². The fraction of sp³-hybridized carbons (Fsp3) is 0.778. The highest BCUT2D eigenvalue weighted by Crippen LogP contribution is 2.26. The van der Waals surface area contributed by atoms with E-state index in [2.05, 4.69) is 0 Å². The van der Waals surface area contributed by atoms with E-state index >= 15 is 0 Å². The molecule has 2 unspecified atom stereocenters. The van der Waals surface area contributed by atoms with Gasteiger partial charge in [0.25, 0.3) is 0 Å². The summed E-state index contributed by atoms with van der Waals surface area (Å²) in [5.74, 6) is 0.355. The molecule has 2 N–H and O–H groups in total. The molecule has 0 aromatic rings. The third-order valence-electron chi connectivity index (χ3n) is 2.66. The zero-order valence-corrected chi connectivity index (χ0v) is 8.92. The Morgan fingerprint density at radius 2 is 2.08 bits per heavy atom. The van der Waals surface area contributed by atoms with Gasteiger partial charge in [-0.3, -0.25) is 0 Å². The van der Waals surface area contributed by atoms with Gasteiger partial charge < -0.3 is 5.73 Å². The molecular weight excluding hydrogens is 186 g/mol. The van der Waals surface area contributed by atoms with Gasteiger partial charge in [0.15, 0.2) is 9.84 Å². The van der Waals surface area contributed by atoms with E-state index in [0.29, 0.717) is 13.0 Å². The highest BCUT2D eigenvalue weighted by Gasteiger charge is 2.30. The van der Waals surface area contributed by atoms with Crippen LogP contribution in [0.4, 0.5) is 0 Å². The van der Waals surface area contributed by atoms with Crippen LogP contribution in [-0.4, -0.2) is 26.5 Å². The molecule has 4 heteroatoms. The highest BCUT2D eigenvalue weighted by molar-refractivity contribution is 7.91.